The largest absolute Gasteiger partial charge is 0.325 e. The van der Waals surface area contributed by atoms with Crippen LogP contribution in [-0.4, -0.2) is 42.0 Å². The van der Waals surface area contributed by atoms with Crippen molar-refractivity contribution < 1.29 is 4.79 Å². The van der Waals surface area contributed by atoms with E-state index in [4.69, 9.17) is 0 Å². The number of nitrogens with zero attached hydrogens (tertiary/aromatic N) is 2. The number of carbonyl (C=O) groups excluding carboxylic acids is 1. The van der Waals surface area contributed by atoms with E-state index in [9.17, 15) is 4.79 Å². The maximum Gasteiger partial charge on any atom is 0.320 e. The van der Waals surface area contributed by atoms with Crippen LogP contribution in [0.15, 0.2) is 0 Å². The van der Waals surface area contributed by atoms with Crippen molar-refractivity contribution in [2.24, 2.45) is 0 Å². The van der Waals surface area contributed by atoms with Gasteiger partial charge in [0, 0.05) is 20.6 Å². The van der Waals surface area contributed by atoms with E-state index in [0.717, 1.165) is 6.54 Å². The first-order valence-electron chi connectivity index (χ1n) is 5.15. The molecule has 1 aliphatic heterocycles. The molecule has 0 aromatic carbocycles. The van der Waals surface area contributed by atoms with Crippen LogP contribution in [0, 0.1) is 0 Å². The highest BCUT2D eigenvalue weighted by Crippen LogP contribution is 2.41. The van der Waals surface area contributed by atoms with Gasteiger partial charge in [-0.3, -0.25) is 0 Å². The molecule has 3 nitrogen and oxygen atoms in total. The molecule has 3 heteroatoms. The first kappa shape index (κ1) is 10.4. The van der Waals surface area contributed by atoms with Crippen LogP contribution in [0.25, 0.3) is 0 Å². The first-order valence-corrected chi connectivity index (χ1v) is 5.15. The molecule has 2 rings (SSSR count). The predicted octanol–water partition coefficient (Wildman–Crippen LogP) is 1.93. The zero-order valence-corrected chi connectivity index (χ0v) is 9.13. The quantitative estimate of drug-likeness (QED) is 0.564. The summed E-state index contributed by atoms with van der Waals surface area (Å²) in [6.45, 7) is 4.93. The number of carbonyl (C=O) groups is 1. The SMILES string of the molecule is CC.CN1CC2(CCC2)N(C)C1=O. The number of urea groups is 1. The van der Waals surface area contributed by atoms with E-state index in [2.05, 4.69) is 0 Å². The number of likely N-dealkylation sites (N-methyl/N-ethyl adjacent to an activating group) is 2. The third kappa shape index (κ3) is 1.40. The molecule has 76 valence electrons. The molecular weight excluding hydrogens is 164 g/mol. The van der Waals surface area contributed by atoms with Crippen molar-refractivity contribution in [2.75, 3.05) is 20.6 Å². The van der Waals surface area contributed by atoms with Gasteiger partial charge in [0.05, 0.1) is 5.54 Å². The zero-order valence-electron chi connectivity index (χ0n) is 9.13. The van der Waals surface area contributed by atoms with E-state index in [-0.39, 0.29) is 11.6 Å². The van der Waals surface area contributed by atoms with Gasteiger partial charge in [-0.2, -0.15) is 0 Å². The van der Waals surface area contributed by atoms with Crippen LogP contribution in [-0.2, 0) is 0 Å². The Labute approximate surface area is 80.7 Å². The van der Waals surface area contributed by atoms with E-state index in [0.29, 0.717) is 0 Å². The molecule has 13 heavy (non-hydrogen) atoms. The van der Waals surface area contributed by atoms with E-state index >= 15 is 0 Å². The van der Waals surface area contributed by atoms with E-state index in [1.807, 2.05) is 37.7 Å². The highest BCUT2D eigenvalue weighted by molar-refractivity contribution is 5.77. The van der Waals surface area contributed by atoms with Gasteiger partial charge in [0.25, 0.3) is 0 Å². The summed E-state index contributed by atoms with van der Waals surface area (Å²) >= 11 is 0. The van der Waals surface area contributed by atoms with Crippen LogP contribution in [0.3, 0.4) is 0 Å². The van der Waals surface area contributed by atoms with E-state index in [1.165, 1.54) is 19.3 Å². The second-order valence-electron chi connectivity index (χ2n) is 3.78. The number of hydrogen-bond donors (Lipinski definition) is 0. The number of hydrogen-bond acceptors (Lipinski definition) is 1. The highest BCUT2D eigenvalue weighted by atomic mass is 16.2. The average Bonchev–Trinajstić information content (AvgIpc) is 2.32. The smallest absolute Gasteiger partial charge is 0.320 e. The minimum absolute atomic E-state index is 0.185. The van der Waals surface area contributed by atoms with Crippen LogP contribution in [0.4, 0.5) is 4.79 Å². The third-order valence-electron chi connectivity index (χ3n) is 3.14. The molecule has 2 aliphatic rings. The summed E-state index contributed by atoms with van der Waals surface area (Å²) in [5.74, 6) is 0. The minimum Gasteiger partial charge on any atom is -0.325 e. The molecule has 0 aromatic rings. The lowest BCUT2D eigenvalue weighted by molar-refractivity contribution is 0.106. The van der Waals surface area contributed by atoms with E-state index < -0.39 is 0 Å². The summed E-state index contributed by atoms with van der Waals surface area (Å²) in [6.07, 6.45) is 3.67. The van der Waals surface area contributed by atoms with Gasteiger partial charge in [-0.15, -0.1) is 0 Å². The fourth-order valence-corrected chi connectivity index (χ4v) is 2.15. The summed E-state index contributed by atoms with van der Waals surface area (Å²) in [5, 5.41) is 0. The molecule has 0 N–H and O–H groups in total. The van der Waals surface area contributed by atoms with Crippen molar-refractivity contribution >= 4 is 6.03 Å². The Kier molecular flexibility index (Phi) is 2.84. The molecule has 0 radical (unpaired) electrons. The second-order valence-corrected chi connectivity index (χ2v) is 3.78. The molecule has 1 saturated heterocycles. The zero-order chi connectivity index (χ0) is 10.1. The second kappa shape index (κ2) is 3.56. The van der Waals surface area contributed by atoms with Crippen LogP contribution >= 0.6 is 0 Å². The monoisotopic (exact) mass is 184 g/mol. The van der Waals surface area contributed by atoms with Gasteiger partial charge < -0.3 is 9.80 Å². The molecule has 0 atom stereocenters. The topological polar surface area (TPSA) is 23.6 Å². The molecule has 1 aliphatic carbocycles. The average molecular weight is 184 g/mol. The van der Waals surface area contributed by atoms with Crippen molar-refractivity contribution in [1.82, 2.24) is 9.80 Å². The lowest BCUT2D eigenvalue weighted by Crippen LogP contribution is -2.50. The van der Waals surface area contributed by atoms with Crippen molar-refractivity contribution in [3.63, 3.8) is 0 Å². The first-order chi connectivity index (χ1) is 6.16. The van der Waals surface area contributed by atoms with Crippen molar-refractivity contribution in [2.45, 2.75) is 38.6 Å². The van der Waals surface area contributed by atoms with Gasteiger partial charge in [0.1, 0.15) is 0 Å². The Balaban J connectivity index is 0.000000396. The van der Waals surface area contributed by atoms with Gasteiger partial charge in [-0.1, -0.05) is 13.8 Å². The van der Waals surface area contributed by atoms with Crippen LogP contribution in [0.2, 0.25) is 0 Å². The maximum absolute atomic E-state index is 11.4. The van der Waals surface area contributed by atoms with Gasteiger partial charge >= 0.3 is 6.03 Å². The summed E-state index contributed by atoms with van der Waals surface area (Å²) in [6, 6.07) is 0.185. The molecule has 1 heterocycles. The Morgan fingerprint density at radius 2 is 1.77 bits per heavy atom. The Morgan fingerprint density at radius 3 is 1.92 bits per heavy atom. The van der Waals surface area contributed by atoms with E-state index in [1.54, 1.807) is 0 Å². The summed E-state index contributed by atoms with van der Waals surface area (Å²) in [5.41, 5.74) is 0.228. The standard InChI is InChI=1S/C8H14N2O.C2H6/c1-9-6-8(4-3-5-8)10(2)7(9)11;1-2/h3-6H2,1-2H3;1-2H3. The lowest BCUT2D eigenvalue weighted by atomic mass is 9.76. The molecule has 0 aromatic heterocycles. The molecule has 2 fully saturated rings. The molecule has 1 spiro atoms. The summed E-state index contributed by atoms with van der Waals surface area (Å²) in [4.78, 5) is 15.1. The van der Waals surface area contributed by atoms with Gasteiger partial charge in [0.2, 0.25) is 0 Å². The predicted molar refractivity (Wildman–Crippen MR) is 53.7 cm³/mol. The Hall–Kier alpha value is -0.730. The molecule has 0 bridgehead atoms. The lowest BCUT2D eigenvalue weighted by Gasteiger charge is -2.42. The van der Waals surface area contributed by atoms with Crippen molar-refractivity contribution in [1.29, 1.82) is 0 Å². The Morgan fingerprint density at radius 1 is 1.23 bits per heavy atom. The highest BCUT2D eigenvalue weighted by Gasteiger charge is 2.49. The fourth-order valence-electron chi connectivity index (χ4n) is 2.15. The molecule has 1 saturated carbocycles. The van der Waals surface area contributed by atoms with Gasteiger partial charge in [-0.25, -0.2) is 4.79 Å². The van der Waals surface area contributed by atoms with Crippen molar-refractivity contribution in [3.05, 3.63) is 0 Å². The normalized spacial score (nSPS) is 24.2. The Bertz CT molecular complexity index is 199. The third-order valence-corrected chi connectivity index (χ3v) is 3.14. The van der Waals surface area contributed by atoms with Crippen LogP contribution in [0.1, 0.15) is 33.1 Å². The molecule has 2 amide bonds. The maximum atomic E-state index is 11.4. The van der Waals surface area contributed by atoms with Gasteiger partial charge in [-0.05, 0) is 19.3 Å². The summed E-state index contributed by atoms with van der Waals surface area (Å²) < 4.78 is 0. The molecule has 0 unspecified atom stereocenters. The number of amides is 2. The van der Waals surface area contributed by atoms with Crippen LogP contribution < -0.4 is 0 Å². The fraction of sp³-hybridized carbons (Fsp3) is 0.900. The van der Waals surface area contributed by atoms with Crippen LogP contribution in [0.5, 0.6) is 0 Å². The van der Waals surface area contributed by atoms with Gasteiger partial charge in [0.15, 0.2) is 0 Å². The molecular formula is C10H20N2O. The minimum atomic E-state index is 0.185. The number of rotatable bonds is 0. The van der Waals surface area contributed by atoms with Crippen molar-refractivity contribution in [3.8, 4) is 0 Å². The summed E-state index contributed by atoms with van der Waals surface area (Å²) in [7, 11) is 3.80.